The lowest BCUT2D eigenvalue weighted by molar-refractivity contribution is -0.384. The fraction of sp³-hybridized carbons (Fsp3) is 0.296. The van der Waals surface area contributed by atoms with Gasteiger partial charge in [-0.15, -0.1) is 0 Å². The average Bonchev–Trinajstić information content (AvgIpc) is 2.90. The standard InChI is InChI=1S/C27H31N3O7S/c1-19-13-15-22(16-14-19)38(35,36)29(26(27(32)37-3)17-21-9-5-4-6-10-21)18-24(20(2)31)28-23-11-7-8-12-25(23)30(33)34/h4-16,20,24,26,28,31H,17-18H2,1-3H3/t20-,24-,26+/m1/s1. The maximum atomic E-state index is 14.0. The number of nitro groups is 1. The normalized spacial score (nSPS) is 13.9. The number of ether oxygens (including phenoxy) is 1. The van der Waals surface area contributed by atoms with E-state index in [2.05, 4.69) is 5.32 Å². The topological polar surface area (TPSA) is 139 Å². The summed E-state index contributed by atoms with van der Waals surface area (Å²) in [5.41, 5.74) is 1.42. The van der Waals surface area contributed by atoms with Gasteiger partial charge in [0.25, 0.3) is 5.69 Å². The van der Waals surface area contributed by atoms with Crippen LogP contribution in [-0.4, -0.2) is 60.6 Å². The van der Waals surface area contributed by atoms with E-state index in [9.17, 15) is 28.4 Å². The Balaban J connectivity index is 2.10. The van der Waals surface area contributed by atoms with E-state index in [1.165, 1.54) is 44.4 Å². The number of nitrogens with one attached hydrogen (secondary N) is 1. The second-order valence-electron chi connectivity index (χ2n) is 8.88. The molecule has 2 N–H and O–H groups in total. The summed E-state index contributed by atoms with van der Waals surface area (Å²) in [6.07, 6.45) is -1.14. The van der Waals surface area contributed by atoms with E-state index < -0.39 is 39.1 Å². The number of aliphatic hydroxyl groups excluding tert-OH is 1. The van der Waals surface area contributed by atoms with Gasteiger partial charge in [-0.25, -0.2) is 8.42 Å². The van der Waals surface area contributed by atoms with Gasteiger partial charge in [-0.1, -0.05) is 60.2 Å². The van der Waals surface area contributed by atoms with Gasteiger partial charge >= 0.3 is 5.97 Å². The second-order valence-corrected chi connectivity index (χ2v) is 10.8. The molecule has 3 atom stereocenters. The van der Waals surface area contributed by atoms with Crippen LogP contribution in [-0.2, 0) is 26.0 Å². The minimum absolute atomic E-state index is 0.0105. The van der Waals surface area contributed by atoms with E-state index >= 15 is 0 Å². The molecule has 0 amide bonds. The van der Waals surface area contributed by atoms with Crippen LogP contribution in [0.5, 0.6) is 0 Å². The summed E-state index contributed by atoms with van der Waals surface area (Å²) >= 11 is 0. The van der Waals surface area contributed by atoms with Gasteiger partial charge < -0.3 is 15.2 Å². The molecule has 0 aromatic heterocycles. The molecule has 202 valence electrons. The van der Waals surface area contributed by atoms with Crippen molar-refractivity contribution in [2.24, 2.45) is 0 Å². The molecular formula is C27H31N3O7S. The van der Waals surface area contributed by atoms with E-state index in [1.54, 1.807) is 48.5 Å². The van der Waals surface area contributed by atoms with Crippen molar-refractivity contribution < 1.29 is 28.0 Å². The van der Waals surface area contributed by atoms with Gasteiger partial charge in [-0.3, -0.25) is 14.9 Å². The zero-order chi connectivity index (χ0) is 27.9. The van der Waals surface area contributed by atoms with Crippen LogP contribution in [0.4, 0.5) is 11.4 Å². The predicted octanol–water partition coefficient (Wildman–Crippen LogP) is 3.54. The zero-order valence-electron chi connectivity index (χ0n) is 21.4. The Kier molecular flexibility index (Phi) is 9.56. The fourth-order valence-electron chi connectivity index (χ4n) is 3.98. The van der Waals surface area contributed by atoms with Crippen molar-refractivity contribution in [2.45, 2.75) is 43.4 Å². The molecule has 3 aromatic carbocycles. The number of nitrogens with zero attached hydrogens (tertiary/aromatic N) is 2. The number of anilines is 1. The van der Waals surface area contributed by atoms with E-state index in [-0.39, 0.29) is 29.2 Å². The number of hydrogen-bond donors (Lipinski definition) is 2. The van der Waals surface area contributed by atoms with Gasteiger partial charge in [0, 0.05) is 12.6 Å². The molecule has 0 bridgehead atoms. The highest BCUT2D eigenvalue weighted by atomic mass is 32.2. The first-order valence-electron chi connectivity index (χ1n) is 11.9. The molecule has 0 radical (unpaired) electrons. The molecule has 0 unspecified atom stereocenters. The van der Waals surface area contributed by atoms with Crippen molar-refractivity contribution in [2.75, 3.05) is 19.0 Å². The second kappa shape index (κ2) is 12.6. The van der Waals surface area contributed by atoms with Crippen LogP contribution in [0.15, 0.2) is 83.8 Å². The van der Waals surface area contributed by atoms with Gasteiger partial charge in [-0.05, 0) is 44.0 Å². The number of rotatable bonds is 12. The number of carbonyl (C=O) groups is 1. The number of methoxy groups -OCH3 is 1. The SMILES string of the molecule is COC(=O)[C@H](Cc1ccccc1)N(C[C@@H](Nc1ccccc1[N+](=O)[O-])[C@@H](C)O)S(=O)(=O)c1ccc(C)cc1. The van der Waals surface area contributed by atoms with Gasteiger partial charge in [0.2, 0.25) is 10.0 Å². The quantitative estimate of drug-likeness (QED) is 0.202. The fourth-order valence-corrected chi connectivity index (χ4v) is 5.59. The van der Waals surface area contributed by atoms with Gasteiger partial charge in [0.15, 0.2) is 0 Å². The molecule has 10 nitrogen and oxygen atoms in total. The van der Waals surface area contributed by atoms with Gasteiger partial charge in [-0.2, -0.15) is 4.31 Å². The Morgan fingerprint density at radius 1 is 1.05 bits per heavy atom. The molecular weight excluding hydrogens is 510 g/mol. The summed E-state index contributed by atoms with van der Waals surface area (Å²) in [4.78, 5) is 24.0. The maximum Gasteiger partial charge on any atom is 0.324 e. The predicted molar refractivity (Wildman–Crippen MR) is 143 cm³/mol. The summed E-state index contributed by atoms with van der Waals surface area (Å²) in [7, 11) is -3.12. The van der Waals surface area contributed by atoms with Crippen LogP contribution in [0, 0.1) is 17.0 Å². The lowest BCUT2D eigenvalue weighted by Gasteiger charge is -2.34. The lowest BCUT2D eigenvalue weighted by atomic mass is 10.0. The summed E-state index contributed by atoms with van der Waals surface area (Å²) in [5.74, 6) is -0.778. The summed E-state index contributed by atoms with van der Waals surface area (Å²) in [5, 5.41) is 25.1. The van der Waals surface area contributed by atoms with Crippen molar-refractivity contribution in [3.63, 3.8) is 0 Å². The van der Waals surface area contributed by atoms with Crippen LogP contribution in [0.3, 0.4) is 0 Å². The molecule has 3 rings (SSSR count). The molecule has 0 heterocycles. The Labute approximate surface area is 222 Å². The van der Waals surface area contributed by atoms with Crippen molar-refractivity contribution in [1.82, 2.24) is 4.31 Å². The molecule has 0 fully saturated rings. The minimum Gasteiger partial charge on any atom is -0.468 e. The van der Waals surface area contributed by atoms with E-state index in [0.29, 0.717) is 5.56 Å². The Morgan fingerprint density at radius 3 is 2.24 bits per heavy atom. The monoisotopic (exact) mass is 541 g/mol. The molecule has 11 heteroatoms. The molecule has 0 aliphatic carbocycles. The number of benzene rings is 3. The van der Waals surface area contributed by atoms with Crippen molar-refractivity contribution in [3.8, 4) is 0 Å². The number of carbonyl (C=O) groups excluding carboxylic acids is 1. The third-order valence-corrected chi connectivity index (χ3v) is 8.01. The van der Waals surface area contributed by atoms with E-state index in [1.807, 2.05) is 6.92 Å². The number of aryl methyl sites for hydroxylation is 1. The highest BCUT2D eigenvalue weighted by molar-refractivity contribution is 7.89. The number of hydrogen-bond acceptors (Lipinski definition) is 8. The van der Waals surface area contributed by atoms with E-state index in [0.717, 1.165) is 9.87 Å². The number of nitro benzene ring substituents is 1. The van der Waals surface area contributed by atoms with Crippen molar-refractivity contribution in [3.05, 3.63) is 100 Å². The Bertz CT molecular complexity index is 1350. The lowest BCUT2D eigenvalue weighted by Crippen LogP contribution is -2.53. The molecule has 3 aromatic rings. The van der Waals surface area contributed by atoms with Crippen molar-refractivity contribution >= 4 is 27.4 Å². The number of aliphatic hydroxyl groups is 1. The van der Waals surface area contributed by atoms with Crippen molar-refractivity contribution in [1.29, 1.82) is 0 Å². The number of sulfonamides is 1. The zero-order valence-corrected chi connectivity index (χ0v) is 22.2. The third kappa shape index (κ3) is 6.94. The molecule has 0 aliphatic heterocycles. The summed E-state index contributed by atoms with van der Waals surface area (Å²) < 4.78 is 34.0. The first-order valence-corrected chi connectivity index (χ1v) is 13.4. The van der Waals surface area contributed by atoms with Crippen LogP contribution < -0.4 is 5.32 Å². The van der Waals surface area contributed by atoms with Crippen LogP contribution in [0.25, 0.3) is 0 Å². The van der Waals surface area contributed by atoms with E-state index in [4.69, 9.17) is 4.74 Å². The molecule has 0 saturated carbocycles. The van der Waals surface area contributed by atoms with Gasteiger partial charge in [0.1, 0.15) is 11.7 Å². The van der Waals surface area contributed by atoms with Gasteiger partial charge in [0.05, 0.1) is 29.1 Å². The highest BCUT2D eigenvalue weighted by Crippen LogP contribution is 2.27. The summed E-state index contributed by atoms with van der Waals surface area (Å²) in [6, 6.07) is 18.6. The molecule has 38 heavy (non-hydrogen) atoms. The first kappa shape index (κ1) is 28.8. The molecule has 0 saturated heterocycles. The Morgan fingerprint density at radius 2 is 1.66 bits per heavy atom. The first-order chi connectivity index (χ1) is 18.0. The minimum atomic E-state index is -4.29. The number of para-hydroxylation sites is 2. The number of esters is 1. The smallest absolute Gasteiger partial charge is 0.324 e. The van der Waals surface area contributed by atoms with Crippen LogP contribution in [0.1, 0.15) is 18.1 Å². The summed E-state index contributed by atoms with van der Waals surface area (Å²) in [6.45, 7) is 2.88. The third-order valence-electron chi connectivity index (χ3n) is 6.12. The Hall–Kier alpha value is -3.80. The average molecular weight is 542 g/mol. The molecule has 0 spiro atoms. The molecule has 0 aliphatic rings. The maximum absolute atomic E-state index is 14.0. The van der Waals surface area contributed by atoms with Crippen LogP contribution >= 0.6 is 0 Å². The largest absolute Gasteiger partial charge is 0.468 e. The highest BCUT2D eigenvalue weighted by Gasteiger charge is 2.39. The van der Waals surface area contributed by atoms with Crippen LogP contribution in [0.2, 0.25) is 0 Å².